The molecule has 2 heterocycles. The molecule has 3 rings (SSSR count). The Kier molecular flexibility index (Phi) is 3.80. The van der Waals surface area contributed by atoms with Crippen LogP contribution in [-0.4, -0.2) is 37.2 Å². The molecular formula is C16H18F3NO. The first-order valence-electron chi connectivity index (χ1n) is 7.09. The lowest BCUT2D eigenvalue weighted by Gasteiger charge is -2.42. The van der Waals surface area contributed by atoms with Gasteiger partial charge < -0.3 is 4.74 Å². The summed E-state index contributed by atoms with van der Waals surface area (Å²) in [6.45, 7) is 1.37. The molecule has 5 heteroatoms. The molecule has 114 valence electrons. The summed E-state index contributed by atoms with van der Waals surface area (Å²) < 4.78 is 43.8. The number of likely N-dealkylation sites (N-methyl/N-ethyl adjacent to an activating group) is 1. The fourth-order valence-corrected chi connectivity index (χ4v) is 3.09. The Balaban J connectivity index is 1.78. The number of morpholine rings is 1. The van der Waals surface area contributed by atoms with Gasteiger partial charge in [0.15, 0.2) is 0 Å². The Labute approximate surface area is 122 Å². The Morgan fingerprint density at radius 1 is 1.29 bits per heavy atom. The average molecular weight is 297 g/mol. The molecule has 1 aromatic rings. The molecule has 21 heavy (non-hydrogen) atoms. The van der Waals surface area contributed by atoms with Crippen molar-refractivity contribution in [1.29, 1.82) is 0 Å². The van der Waals surface area contributed by atoms with Gasteiger partial charge in [0.25, 0.3) is 0 Å². The Hall–Kier alpha value is -1.33. The summed E-state index contributed by atoms with van der Waals surface area (Å²) in [4.78, 5) is 2.29. The van der Waals surface area contributed by atoms with Crippen molar-refractivity contribution in [2.24, 2.45) is 0 Å². The van der Waals surface area contributed by atoms with Crippen molar-refractivity contribution < 1.29 is 17.9 Å². The van der Waals surface area contributed by atoms with E-state index in [0.717, 1.165) is 18.1 Å². The van der Waals surface area contributed by atoms with Crippen LogP contribution in [0.4, 0.5) is 13.2 Å². The number of hydrogen-bond donors (Lipinski definition) is 0. The van der Waals surface area contributed by atoms with Gasteiger partial charge in [-0.2, -0.15) is 13.2 Å². The van der Waals surface area contributed by atoms with E-state index in [1.54, 1.807) is 6.07 Å². The zero-order chi connectivity index (χ0) is 15.0. The van der Waals surface area contributed by atoms with Crippen molar-refractivity contribution in [2.45, 2.75) is 31.1 Å². The van der Waals surface area contributed by atoms with E-state index in [0.29, 0.717) is 25.7 Å². The van der Waals surface area contributed by atoms with Crippen LogP contribution in [0.5, 0.6) is 0 Å². The summed E-state index contributed by atoms with van der Waals surface area (Å²) in [5, 5.41) is 0. The summed E-state index contributed by atoms with van der Waals surface area (Å²) in [7, 11) is 2.08. The molecule has 2 nitrogen and oxygen atoms in total. The monoisotopic (exact) mass is 297 g/mol. The maximum Gasteiger partial charge on any atom is 0.416 e. The second kappa shape index (κ2) is 5.46. The van der Waals surface area contributed by atoms with E-state index >= 15 is 0 Å². The molecule has 2 aliphatic heterocycles. The van der Waals surface area contributed by atoms with Crippen molar-refractivity contribution in [3.63, 3.8) is 0 Å². The van der Waals surface area contributed by atoms with E-state index in [1.165, 1.54) is 17.7 Å². The second-order valence-electron chi connectivity index (χ2n) is 5.83. The topological polar surface area (TPSA) is 12.5 Å². The molecule has 1 fully saturated rings. The van der Waals surface area contributed by atoms with Crippen LogP contribution < -0.4 is 0 Å². The molecule has 0 N–H and O–H groups in total. The van der Waals surface area contributed by atoms with E-state index in [-0.39, 0.29) is 6.04 Å². The van der Waals surface area contributed by atoms with Gasteiger partial charge >= 0.3 is 6.18 Å². The summed E-state index contributed by atoms with van der Waals surface area (Å²) >= 11 is 0. The molecule has 2 bridgehead atoms. The molecule has 1 saturated heterocycles. The summed E-state index contributed by atoms with van der Waals surface area (Å²) in [6.07, 6.45) is -0.675. The summed E-state index contributed by atoms with van der Waals surface area (Å²) in [5.41, 5.74) is 1.36. The van der Waals surface area contributed by atoms with Gasteiger partial charge in [0.2, 0.25) is 0 Å². The lowest BCUT2D eigenvalue weighted by atomic mass is 9.90. The standard InChI is InChI=1S/C16H18F3NO/c1-20-14-7-12(8-15(20)10-21-9-14)5-11-3-2-4-13(6-11)16(17,18)19/h2-4,6-7,14-15H,5,8-10H2,1H3. The highest BCUT2D eigenvalue weighted by molar-refractivity contribution is 5.30. The van der Waals surface area contributed by atoms with Crippen molar-refractivity contribution in [2.75, 3.05) is 20.3 Å². The predicted molar refractivity (Wildman–Crippen MR) is 74.0 cm³/mol. The van der Waals surface area contributed by atoms with Crippen LogP contribution in [0.1, 0.15) is 17.5 Å². The largest absolute Gasteiger partial charge is 0.416 e. The normalized spacial score (nSPS) is 26.6. The lowest BCUT2D eigenvalue weighted by molar-refractivity contribution is -0.137. The van der Waals surface area contributed by atoms with E-state index < -0.39 is 11.7 Å². The molecule has 0 amide bonds. The van der Waals surface area contributed by atoms with Gasteiger partial charge in [0, 0.05) is 6.04 Å². The van der Waals surface area contributed by atoms with Crippen LogP contribution in [0, 0.1) is 0 Å². The number of fused-ring (bicyclic) bond motifs is 2. The minimum atomic E-state index is -4.28. The van der Waals surface area contributed by atoms with E-state index in [9.17, 15) is 13.2 Å². The zero-order valence-electron chi connectivity index (χ0n) is 11.9. The van der Waals surface area contributed by atoms with Crippen LogP contribution >= 0.6 is 0 Å². The van der Waals surface area contributed by atoms with Crippen LogP contribution in [0.25, 0.3) is 0 Å². The number of benzene rings is 1. The molecule has 2 atom stereocenters. The first kappa shape index (κ1) is 14.6. The Morgan fingerprint density at radius 2 is 2.10 bits per heavy atom. The van der Waals surface area contributed by atoms with E-state index in [2.05, 4.69) is 18.0 Å². The first-order valence-corrected chi connectivity index (χ1v) is 7.09. The highest BCUT2D eigenvalue weighted by Crippen LogP contribution is 2.31. The minimum absolute atomic E-state index is 0.248. The molecule has 0 radical (unpaired) electrons. The van der Waals surface area contributed by atoms with Crippen LogP contribution in [0.2, 0.25) is 0 Å². The third-order valence-electron chi connectivity index (χ3n) is 4.31. The van der Waals surface area contributed by atoms with Gasteiger partial charge in [-0.3, -0.25) is 4.90 Å². The maximum atomic E-state index is 12.7. The predicted octanol–water partition coefficient (Wildman–Crippen LogP) is 3.28. The molecule has 0 saturated carbocycles. The summed E-state index contributed by atoms with van der Waals surface area (Å²) in [6, 6.07) is 6.21. The Morgan fingerprint density at radius 3 is 2.81 bits per heavy atom. The van der Waals surface area contributed by atoms with Crippen molar-refractivity contribution in [3.8, 4) is 0 Å². The van der Waals surface area contributed by atoms with E-state index in [4.69, 9.17) is 4.74 Å². The molecule has 2 unspecified atom stereocenters. The zero-order valence-corrected chi connectivity index (χ0v) is 11.9. The molecule has 0 aromatic heterocycles. The van der Waals surface area contributed by atoms with Gasteiger partial charge in [-0.15, -0.1) is 0 Å². The number of halogens is 3. The molecule has 2 aliphatic rings. The number of hydrogen-bond acceptors (Lipinski definition) is 2. The highest BCUT2D eigenvalue weighted by Gasteiger charge is 2.32. The smallest absolute Gasteiger partial charge is 0.378 e. The fourth-order valence-electron chi connectivity index (χ4n) is 3.09. The van der Waals surface area contributed by atoms with Crippen LogP contribution in [-0.2, 0) is 17.3 Å². The second-order valence-corrected chi connectivity index (χ2v) is 5.83. The average Bonchev–Trinajstić information content (AvgIpc) is 2.39. The number of alkyl halides is 3. The summed E-state index contributed by atoms with van der Waals surface area (Å²) in [5.74, 6) is 0. The minimum Gasteiger partial charge on any atom is -0.378 e. The van der Waals surface area contributed by atoms with Gasteiger partial charge in [-0.1, -0.05) is 29.8 Å². The SMILES string of the molecule is CN1C2C=C(Cc3cccc(C(F)(F)F)c3)CC1COC2. The third-order valence-corrected chi connectivity index (χ3v) is 4.31. The number of ether oxygens (including phenoxy) is 1. The van der Waals surface area contributed by atoms with Gasteiger partial charge in [-0.05, 0) is 31.5 Å². The van der Waals surface area contributed by atoms with Gasteiger partial charge in [-0.25, -0.2) is 0 Å². The van der Waals surface area contributed by atoms with Gasteiger partial charge in [0.1, 0.15) is 0 Å². The molecule has 0 spiro atoms. The lowest BCUT2D eigenvalue weighted by Crippen LogP contribution is -2.51. The number of nitrogens with zero attached hydrogens (tertiary/aromatic N) is 1. The fraction of sp³-hybridized carbons (Fsp3) is 0.500. The van der Waals surface area contributed by atoms with E-state index in [1.807, 2.05) is 0 Å². The first-order chi connectivity index (χ1) is 9.93. The number of rotatable bonds is 2. The van der Waals surface area contributed by atoms with Crippen molar-refractivity contribution in [1.82, 2.24) is 4.90 Å². The molecule has 0 aliphatic carbocycles. The maximum absolute atomic E-state index is 12.7. The highest BCUT2D eigenvalue weighted by atomic mass is 19.4. The van der Waals surface area contributed by atoms with Crippen molar-refractivity contribution in [3.05, 3.63) is 47.0 Å². The van der Waals surface area contributed by atoms with Crippen LogP contribution in [0.3, 0.4) is 0 Å². The van der Waals surface area contributed by atoms with Crippen molar-refractivity contribution >= 4 is 0 Å². The Bertz CT molecular complexity index is 553. The van der Waals surface area contributed by atoms with Crippen LogP contribution in [0.15, 0.2) is 35.9 Å². The third kappa shape index (κ3) is 3.14. The quantitative estimate of drug-likeness (QED) is 0.777. The molecule has 1 aromatic carbocycles. The van der Waals surface area contributed by atoms with Gasteiger partial charge in [0.05, 0.1) is 24.8 Å². The molecular weight excluding hydrogens is 279 g/mol.